The van der Waals surface area contributed by atoms with E-state index in [4.69, 9.17) is 5.11 Å². The van der Waals surface area contributed by atoms with Crippen molar-refractivity contribution in [1.29, 1.82) is 0 Å². The third kappa shape index (κ3) is 6.00. The highest BCUT2D eigenvalue weighted by atomic mass is 32.2. The van der Waals surface area contributed by atoms with E-state index >= 15 is 0 Å². The summed E-state index contributed by atoms with van der Waals surface area (Å²) in [7, 11) is -3.21. The molecule has 0 spiro atoms. The molecule has 0 amide bonds. The number of hydrogen-bond donors (Lipinski definition) is 3. The molecule has 0 aromatic heterocycles. The second-order valence-corrected chi connectivity index (χ2v) is 6.78. The van der Waals surface area contributed by atoms with Crippen LogP contribution in [0.5, 0.6) is 5.75 Å². The van der Waals surface area contributed by atoms with Gasteiger partial charge in [0.2, 0.25) is 10.0 Å². The Morgan fingerprint density at radius 3 is 2.28 bits per heavy atom. The third-order valence-corrected chi connectivity index (χ3v) is 3.22. The van der Waals surface area contributed by atoms with Gasteiger partial charge >= 0.3 is 0 Å². The van der Waals surface area contributed by atoms with Crippen molar-refractivity contribution in [2.45, 2.75) is 25.9 Å². The van der Waals surface area contributed by atoms with E-state index in [0.717, 1.165) is 11.8 Å². The molecule has 0 unspecified atom stereocenters. The Labute approximate surface area is 108 Å². The van der Waals surface area contributed by atoms with Crippen molar-refractivity contribution < 1.29 is 13.5 Å². The molecule has 102 valence electrons. The van der Waals surface area contributed by atoms with E-state index in [1.54, 1.807) is 12.1 Å². The Balaban J connectivity index is 2.43. The fraction of sp³-hybridized carbons (Fsp3) is 0.500. The van der Waals surface area contributed by atoms with Gasteiger partial charge in [0.15, 0.2) is 0 Å². The summed E-state index contributed by atoms with van der Waals surface area (Å²) >= 11 is 0. The Morgan fingerprint density at radius 1 is 1.22 bits per heavy atom. The van der Waals surface area contributed by atoms with E-state index in [-0.39, 0.29) is 5.75 Å². The van der Waals surface area contributed by atoms with Crippen LogP contribution in [0.4, 0.5) is 0 Å². The monoisotopic (exact) mass is 272 g/mol. The molecule has 6 heteroatoms. The molecule has 0 bridgehead atoms. The zero-order chi connectivity index (χ0) is 13.8. The fourth-order valence-electron chi connectivity index (χ4n) is 1.67. The molecular weight excluding hydrogens is 252 g/mol. The first-order chi connectivity index (χ1) is 8.18. The molecule has 0 aliphatic rings. The number of sulfonamides is 1. The summed E-state index contributed by atoms with van der Waals surface area (Å²) in [6.07, 6.45) is 1.15. The first kappa shape index (κ1) is 14.9. The van der Waals surface area contributed by atoms with Gasteiger partial charge in [0, 0.05) is 18.6 Å². The first-order valence-corrected chi connectivity index (χ1v) is 7.55. The zero-order valence-corrected chi connectivity index (χ0v) is 11.7. The molecular formula is C12H20N2O3S. The van der Waals surface area contributed by atoms with Crippen molar-refractivity contribution in [3.05, 3.63) is 29.8 Å². The van der Waals surface area contributed by atoms with Gasteiger partial charge in [-0.05, 0) is 31.5 Å². The van der Waals surface area contributed by atoms with Gasteiger partial charge in [-0.15, -0.1) is 0 Å². The molecule has 3 N–H and O–H groups in total. The number of nitrogens with one attached hydrogen (secondary N) is 2. The van der Waals surface area contributed by atoms with Crippen molar-refractivity contribution in [2.75, 3.05) is 12.8 Å². The highest BCUT2D eigenvalue weighted by molar-refractivity contribution is 7.88. The summed E-state index contributed by atoms with van der Waals surface area (Å²) < 4.78 is 24.9. The minimum absolute atomic E-state index is 0.234. The zero-order valence-electron chi connectivity index (χ0n) is 10.9. The molecule has 0 aliphatic heterocycles. The molecule has 1 rings (SSSR count). The van der Waals surface area contributed by atoms with Crippen molar-refractivity contribution in [1.82, 2.24) is 10.0 Å². The van der Waals surface area contributed by atoms with Crippen LogP contribution < -0.4 is 10.0 Å². The van der Waals surface area contributed by atoms with Crippen LogP contribution in [0.2, 0.25) is 0 Å². The fourth-order valence-corrected chi connectivity index (χ4v) is 2.75. The summed E-state index contributed by atoms with van der Waals surface area (Å²) in [6, 6.07) is 6.88. The third-order valence-electron chi connectivity index (χ3n) is 2.29. The molecule has 18 heavy (non-hydrogen) atoms. The van der Waals surface area contributed by atoms with E-state index in [1.807, 2.05) is 26.0 Å². The molecule has 0 atom stereocenters. The van der Waals surface area contributed by atoms with Gasteiger partial charge in [-0.3, -0.25) is 0 Å². The van der Waals surface area contributed by atoms with Crippen LogP contribution in [0, 0.1) is 0 Å². The maximum Gasteiger partial charge on any atom is 0.209 e. The van der Waals surface area contributed by atoms with E-state index in [1.165, 1.54) is 0 Å². The van der Waals surface area contributed by atoms with E-state index in [0.29, 0.717) is 13.1 Å². The van der Waals surface area contributed by atoms with Crippen molar-refractivity contribution in [3.63, 3.8) is 0 Å². The van der Waals surface area contributed by atoms with Crippen molar-refractivity contribution in [2.24, 2.45) is 0 Å². The Kier molecular flexibility index (Phi) is 4.72. The van der Waals surface area contributed by atoms with E-state index < -0.39 is 15.6 Å². The van der Waals surface area contributed by atoms with Crippen molar-refractivity contribution in [3.8, 4) is 5.75 Å². The van der Waals surface area contributed by atoms with Crippen LogP contribution in [-0.4, -0.2) is 31.9 Å². The Morgan fingerprint density at radius 2 is 1.78 bits per heavy atom. The molecule has 0 radical (unpaired) electrons. The maximum atomic E-state index is 11.2. The molecule has 0 fully saturated rings. The summed E-state index contributed by atoms with van der Waals surface area (Å²) in [5.41, 5.74) is 0.493. The summed E-state index contributed by atoms with van der Waals surface area (Å²) in [6.45, 7) is 4.77. The lowest BCUT2D eigenvalue weighted by Crippen LogP contribution is -2.49. The van der Waals surface area contributed by atoms with Gasteiger partial charge in [-0.2, -0.15) is 0 Å². The van der Waals surface area contributed by atoms with Crippen LogP contribution in [0.1, 0.15) is 19.4 Å². The average Bonchev–Trinajstić information content (AvgIpc) is 2.17. The van der Waals surface area contributed by atoms with Gasteiger partial charge < -0.3 is 10.4 Å². The van der Waals surface area contributed by atoms with Gasteiger partial charge in [0.1, 0.15) is 5.75 Å². The lowest BCUT2D eigenvalue weighted by Gasteiger charge is -2.25. The highest BCUT2D eigenvalue weighted by Crippen LogP contribution is 2.09. The smallest absolute Gasteiger partial charge is 0.209 e. The topological polar surface area (TPSA) is 78.4 Å². The largest absolute Gasteiger partial charge is 0.508 e. The number of hydrogen-bond acceptors (Lipinski definition) is 4. The minimum Gasteiger partial charge on any atom is -0.508 e. The Bertz CT molecular complexity index is 481. The molecule has 0 heterocycles. The molecule has 0 saturated carbocycles. The number of rotatable bonds is 6. The molecule has 1 aromatic rings. The highest BCUT2D eigenvalue weighted by Gasteiger charge is 2.21. The molecule has 0 saturated heterocycles. The SMILES string of the molecule is CC(C)(CNCc1ccc(O)cc1)NS(C)(=O)=O. The van der Waals surface area contributed by atoms with E-state index in [2.05, 4.69) is 10.0 Å². The van der Waals surface area contributed by atoms with Crippen LogP contribution in [0.3, 0.4) is 0 Å². The first-order valence-electron chi connectivity index (χ1n) is 5.65. The van der Waals surface area contributed by atoms with Crippen molar-refractivity contribution >= 4 is 10.0 Å². The molecule has 5 nitrogen and oxygen atoms in total. The predicted molar refractivity (Wildman–Crippen MR) is 71.9 cm³/mol. The summed E-state index contributed by atoms with van der Waals surface area (Å²) in [5.74, 6) is 0.234. The number of phenolic OH excluding ortho intramolecular Hbond substituents is 1. The number of benzene rings is 1. The number of phenols is 1. The Hall–Kier alpha value is -1.11. The van der Waals surface area contributed by atoms with E-state index in [9.17, 15) is 8.42 Å². The molecule has 0 aliphatic carbocycles. The van der Waals surface area contributed by atoms with Gasteiger partial charge in [0.25, 0.3) is 0 Å². The van der Waals surface area contributed by atoms with Gasteiger partial charge in [0.05, 0.1) is 6.26 Å². The van der Waals surface area contributed by atoms with Crippen LogP contribution in [-0.2, 0) is 16.6 Å². The maximum absolute atomic E-state index is 11.2. The molecule has 1 aromatic carbocycles. The second kappa shape index (κ2) is 5.69. The predicted octanol–water partition coefficient (Wildman–Crippen LogP) is 0.810. The van der Waals surface area contributed by atoms with Gasteiger partial charge in [-0.1, -0.05) is 12.1 Å². The summed E-state index contributed by atoms with van der Waals surface area (Å²) in [5, 5.41) is 12.3. The average molecular weight is 272 g/mol. The quantitative estimate of drug-likeness (QED) is 0.716. The standard InChI is InChI=1S/C12H20N2O3S/c1-12(2,14-18(3,16)17)9-13-8-10-4-6-11(15)7-5-10/h4-7,13-15H,8-9H2,1-3H3. The lowest BCUT2D eigenvalue weighted by atomic mass is 10.1. The number of aromatic hydroxyl groups is 1. The second-order valence-electron chi connectivity index (χ2n) is 5.03. The normalized spacial score (nSPS) is 12.6. The summed E-state index contributed by atoms with van der Waals surface area (Å²) in [4.78, 5) is 0. The van der Waals surface area contributed by atoms with Crippen LogP contribution in [0.15, 0.2) is 24.3 Å². The minimum atomic E-state index is -3.21. The lowest BCUT2D eigenvalue weighted by molar-refractivity contribution is 0.421. The van der Waals surface area contributed by atoms with Crippen LogP contribution >= 0.6 is 0 Å². The van der Waals surface area contributed by atoms with Crippen LogP contribution in [0.25, 0.3) is 0 Å². The van der Waals surface area contributed by atoms with Gasteiger partial charge in [-0.25, -0.2) is 13.1 Å².